The van der Waals surface area contributed by atoms with E-state index in [-0.39, 0.29) is 11.5 Å². The van der Waals surface area contributed by atoms with E-state index in [1.54, 1.807) is 12.1 Å². The van der Waals surface area contributed by atoms with E-state index in [0.29, 0.717) is 6.54 Å². The van der Waals surface area contributed by atoms with Gasteiger partial charge in [0, 0.05) is 6.54 Å². The fourth-order valence-corrected chi connectivity index (χ4v) is 1.67. The molecule has 6 nitrogen and oxygen atoms in total. The molecular formula is C12H21NO5S. The first-order chi connectivity index (χ1) is 8.66. The van der Waals surface area contributed by atoms with Crippen LogP contribution in [0.25, 0.3) is 0 Å². The van der Waals surface area contributed by atoms with Crippen LogP contribution in [0.3, 0.4) is 0 Å². The Kier molecular flexibility index (Phi) is 7.81. The molecule has 0 fully saturated rings. The van der Waals surface area contributed by atoms with Gasteiger partial charge in [-0.25, -0.2) is 0 Å². The SMILES string of the molecule is CN(C)CC(O)CO.Cc1ccc(S(=O)(=O)O)cc1. The standard InChI is InChI=1S/C7H8O3S.C5H13NO2/c1-6-2-4-7(5-3-6)11(8,9)10;1-6(2)3-5(8)4-7/h2-5H,1H3,(H,8,9,10);5,7-8H,3-4H2,1-2H3. The smallest absolute Gasteiger partial charge is 0.294 e. The van der Waals surface area contributed by atoms with Crippen LogP contribution in [0.5, 0.6) is 0 Å². The Labute approximate surface area is 114 Å². The number of aryl methyl sites for hydroxylation is 1. The number of nitrogens with zero attached hydrogens (tertiary/aromatic N) is 1. The van der Waals surface area contributed by atoms with Gasteiger partial charge in [0.05, 0.1) is 17.6 Å². The molecule has 0 heterocycles. The highest BCUT2D eigenvalue weighted by Gasteiger charge is 2.06. The second kappa shape index (κ2) is 8.23. The average Bonchev–Trinajstić information content (AvgIpc) is 2.28. The van der Waals surface area contributed by atoms with Gasteiger partial charge in [-0.1, -0.05) is 17.7 Å². The molecule has 0 saturated heterocycles. The average molecular weight is 291 g/mol. The Balaban J connectivity index is 0.000000362. The van der Waals surface area contributed by atoms with Crippen LogP contribution >= 0.6 is 0 Å². The quantitative estimate of drug-likeness (QED) is 0.683. The number of aliphatic hydroxyl groups is 2. The van der Waals surface area contributed by atoms with Crippen molar-refractivity contribution in [2.24, 2.45) is 0 Å². The summed E-state index contributed by atoms with van der Waals surface area (Å²) < 4.78 is 29.6. The van der Waals surface area contributed by atoms with E-state index >= 15 is 0 Å². The van der Waals surface area contributed by atoms with Crippen LogP contribution in [-0.4, -0.2) is 61.4 Å². The number of aliphatic hydroxyl groups excluding tert-OH is 2. The third kappa shape index (κ3) is 8.68. The topological polar surface area (TPSA) is 98.1 Å². The Morgan fingerprint density at radius 3 is 1.95 bits per heavy atom. The van der Waals surface area contributed by atoms with Crippen LogP contribution in [0.1, 0.15) is 5.56 Å². The van der Waals surface area contributed by atoms with Crippen LogP contribution in [0.15, 0.2) is 29.2 Å². The lowest BCUT2D eigenvalue weighted by Crippen LogP contribution is -2.28. The summed E-state index contributed by atoms with van der Waals surface area (Å²) in [5, 5.41) is 17.0. The summed E-state index contributed by atoms with van der Waals surface area (Å²) in [6.07, 6.45) is -0.593. The van der Waals surface area contributed by atoms with Gasteiger partial charge in [-0.15, -0.1) is 0 Å². The zero-order valence-corrected chi connectivity index (χ0v) is 12.1. The lowest BCUT2D eigenvalue weighted by molar-refractivity contribution is 0.0728. The van der Waals surface area contributed by atoms with Crippen molar-refractivity contribution in [3.63, 3.8) is 0 Å². The monoisotopic (exact) mass is 291 g/mol. The van der Waals surface area contributed by atoms with Gasteiger partial charge in [0.25, 0.3) is 10.1 Å². The fraction of sp³-hybridized carbons (Fsp3) is 0.500. The van der Waals surface area contributed by atoms with Gasteiger partial charge in [-0.2, -0.15) is 8.42 Å². The first kappa shape index (κ1) is 18.0. The fourth-order valence-electron chi connectivity index (χ4n) is 1.19. The highest BCUT2D eigenvalue weighted by Crippen LogP contribution is 2.08. The molecule has 0 radical (unpaired) electrons. The van der Waals surface area contributed by atoms with E-state index in [2.05, 4.69) is 0 Å². The second-order valence-corrected chi connectivity index (χ2v) is 5.81. The Bertz CT molecular complexity index is 456. The van der Waals surface area contributed by atoms with Gasteiger partial charge < -0.3 is 15.1 Å². The molecule has 3 N–H and O–H groups in total. The number of likely N-dealkylation sites (N-methyl/N-ethyl adjacent to an activating group) is 1. The minimum atomic E-state index is -4.02. The van der Waals surface area contributed by atoms with Gasteiger partial charge in [0.15, 0.2) is 0 Å². The van der Waals surface area contributed by atoms with E-state index < -0.39 is 16.2 Å². The van der Waals surface area contributed by atoms with Gasteiger partial charge in [-0.3, -0.25) is 4.55 Å². The van der Waals surface area contributed by atoms with E-state index in [9.17, 15) is 8.42 Å². The molecule has 0 saturated carbocycles. The number of hydrogen-bond acceptors (Lipinski definition) is 5. The maximum Gasteiger partial charge on any atom is 0.294 e. The summed E-state index contributed by atoms with van der Waals surface area (Å²) in [5.74, 6) is 0. The third-order valence-corrected chi connectivity index (χ3v) is 2.97. The van der Waals surface area contributed by atoms with Crippen molar-refractivity contribution < 1.29 is 23.2 Å². The molecule has 1 unspecified atom stereocenters. The molecule has 1 aromatic rings. The number of hydrogen-bond donors (Lipinski definition) is 3. The first-order valence-corrected chi connectivity index (χ1v) is 7.08. The van der Waals surface area contributed by atoms with Crippen molar-refractivity contribution in [1.82, 2.24) is 4.90 Å². The third-order valence-electron chi connectivity index (χ3n) is 2.11. The molecule has 110 valence electrons. The van der Waals surface area contributed by atoms with Crippen molar-refractivity contribution in [2.45, 2.75) is 17.9 Å². The molecule has 1 rings (SSSR count). The summed E-state index contributed by atoms with van der Waals surface area (Å²) >= 11 is 0. The molecule has 0 bridgehead atoms. The van der Waals surface area contributed by atoms with E-state index in [4.69, 9.17) is 14.8 Å². The summed E-state index contributed by atoms with van der Waals surface area (Å²) in [6.45, 7) is 2.21. The number of rotatable bonds is 4. The van der Waals surface area contributed by atoms with Crippen molar-refractivity contribution in [3.8, 4) is 0 Å². The van der Waals surface area contributed by atoms with Gasteiger partial charge in [-0.05, 0) is 33.2 Å². The Hall–Kier alpha value is -0.990. The summed E-state index contributed by atoms with van der Waals surface area (Å²) in [4.78, 5) is 1.75. The summed E-state index contributed by atoms with van der Waals surface area (Å²) in [6, 6.07) is 5.99. The molecule has 1 atom stereocenters. The maximum atomic E-state index is 10.5. The van der Waals surface area contributed by atoms with Gasteiger partial charge in [0.1, 0.15) is 0 Å². The van der Waals surface area contributed by atoms with Crippen molar-refractivity contribution >= 4 is 10.1 Å². The molecule has 0 aliphatic heterocycles. The highest BCUT2D eigenvalue weighted by atomic mass is 32.2. The first-order valence-electron chi connectivity index (χ1n) is 5.64. The zero-order valence-electron chi connectivity index (χ0n) is 11.3. The van der Waals surface area contributed by atoms with Crippen LogP contribution in [0.4, 0.5) is 0 Å². The Morgan fingerprint density at radius 2 is 1.68 bits per heavy atom. The van der Waals surface area contributed by atoms with Crippen molar-refractivity contribution in [2.75, 3.05) is 27.2 Å². The summed E-state index contributed by atoms with van der Waals surface area (Å²) in [5.41, 5.74) is 0.956. The molecule has 0 aliphatic carbocycles. The summed E-state index contributed by atoms with van der Waals surface area (Å²) in [7, 11) is -0.327. The molecule has 19 heavy (non-hydrogen) atoms. The van der Waals surface area contributed by atoms with Crippen LogP contribution < -0.4 is 0 Å². The van der Waals surface area contributed by atoms with Crippen molar-refractivity contribution in [1.29, 1.82) is 0 Å². The molecule has 1 aromatic carbocycles. The number of benzene rings is 1. The van der Waals surface area contributed by atoms with Crippen molar-refractivity contribution in [3.05, 3.63) is 29.8 Å². The van der Waals surface area contributed by atoms with E-state index in [1.165, 1.54) is 12.1 Å². The van der Waals surface area contributed by atoms with Crippen LogP contribution in [-0.2, 0) is 10.1 Å². The molecule has 0 amide bonds. The molecule has 0 spiro atoms. The normalized spacial score (nSPS) is 12.8. The largest absolute Gasteiger partial charge is 0.394 e. The minimum absolute atomic E-state index is 0.0666. The molecule has 0 aliphatic rings. The highest BCUT2D eigenvalue weighted by molar-refractivity contribution is 7.85. The Morgan fingerprint density at radius 1 is 1.21 bits per heavy atom. The van der Waals surface area contributed by atoms with Crippen LogP contribution in [0.2, 0.25) is 0 Å². The second-order valence-electron chi connectivity index (χ2n) is 4.39. The van der Waals surface area contributed by atoms with E-state index in [1.807, 2.05) is 25.9 Å². The van der Waals surface area contributed by atoms with Gasteiger partial charge >= 0.3 is 0 Å². The maximum absolute atomic E-state index is 10.5. The molecule has 7 heteroatoms. The van der Waals surface area contributed by atoms with Crippen LogP contribution in [0, 0.1) is 6.92 Å². The molecule has 0 aromatic heterocycles. The van der Waals surface area contributed by atoms with Gasteiger partial charge in [0.2, 0.25) is 0 Å². The zero-order chi connectivity index (χ0) is 15.1. The lowest BCUT2D eigenvalue weighted by Gasteiger charge is -2.12. The van der Waals surface area contributed by atoms with E-state index in [0.717, 1.165) is 5.56 Å². The minimum Gasteiger partial charge on any atom is -0.394 e. The predicted molar refractivity (Wildman–Crippen MR) is 72.6 cm³/mol. The lowest BCUT2D eigenvalue weighted by atomic mass is 10.2. The predicted octanol–water partition coefficient (Wildman–Crippen LogP) is 0.143. The molecular weight excluding hydrogens is 270 g/mol.